The highest BCUT2D eigenvalue weighted by molar-refractivity contribution is 5.84. The second-order valence-corrected chi connectivity index (χ2v) is 6.41. The second kappa shape index (κ2) is 8.62. The van der Waals surface area contributed by atoms with Gasteiger partial charge in [-0.1, -0.05) is 30.3 Å². The van der Waals surface area contributed by atoms with Crippen LogP contribution in [0, 0.1) is 5.92 Å². The second-order valence-electron chi connectivity index (χ2n) is 6.41. The van der Waals surface area contributed by atoms with Crippen LogP contribution in [0.25, 0.3) is 0 Å². The Morgan fingerprint density at radius 1 is 1.24 bits per heavy atom. The maximum absolute atomic E-state index is 12.4. The summed E-state index contributed by atoms with van der Waals surface area (Å²) < 4.78 is 0. The van der Waals surface area contributed by atoms with Crippen LogP contribution in [0.3, 0.4) is 0 Å². The topological polar surface area (TPSA) is 107 Å². The molecule has 0 radical (unpaired) electrons. The number of carboxylic acid groups (broad SMARTS) is 2. The standard InChI is InChI=1S/C18H24N2O5/c1-12(16(21)20-10-9-14(11-20)17(22)23)19-15(18(24)25)8-7-13-5-3-2-4-6-13/h2-6,12,14-15,19H,7-11H2,1H3,(H,22,23)(H,24,25). The molecule has 0 aliphatic carbocycles. The maximum Gasteiger partial charge on any atom is 0.320 e. The Hall–Kier alpha value is -2.41. The van der Waals surface area contributed by atoms with E-state index in [2.05, 4.69) is 5.32 Å². The van der Waals surface area contributed by atoms with Crippen LogP contribution in [0.2, 0.25) is 0 Å². The quantitative estimate of drug-likeness (QED) is 0.647. The predicted molar refractivity (Wildman–Crippen MR) is 91.1 cm³/mol. The number of likely N-dealkylation sites (tertiary alicyclic amines) is 1. The van der Waals surface area contributed by atoms with Gasteiger partial charge in [-0.2, -0.15) is 0 Å². The number of carboxylic acids is 2. The molecule has 7 heteroatoms. The van der Waals surface area contributed by atoms with Crippen LogP contribution in [-0.4, -0.2) is 58.1 Å². The fraction of sp³-hybridized carbons (Fsp3) is 0.500. The molecule has 0 aromatic heterocycles. The highest BCUT2D eigenvalue weighted by Crippen LogP contribution is 2.17. The SMILES string of the molecule is CC(NC(CCc1ccccc1)C(=O)O)C(=O)N1CCC(C(=O)O)C1. The smallest absolute Gasteiger partial charge is 0.320 e. The zero-order chi connectivity index (χ0) is 18.4. The molecule has 1 fully saturated rings. The molecule has 1 saturated heterocycles. The molecule has 1 aliphatic heterocycles. The van der Waals surface area contributed by atoms with Gasteiger partial charge in [0, 0.05) is 13.1 Å². The number of nitrogens with one attached hydrogen (secondary N) is 1. The van der Waals surface area contributed by atoms with Gasteiger partial charge in [0.1, 0.15) is 6.04 Å². The van der Waals surface area contributed by atoms with Crippen molar-refractivity contribution < 1.29 is 24.6 Å². The molecule has 0 spiro atoms. The lowest BCUT2D eigenvalue weighted by Crippen LogP contribution is -2.50. The first kappa shape index (κ1) is 18.9. The summed E-state index contributed by atoms with van der Waals surface area (Å²) in [5, 5.41) is 21.3. The molecule has 7 nitrogen and oxygen atoms in total. The zero-order valence-electron chi connectivity index (χ0n) is 14.2. The molecule has 0 bridgehead atoms. The van der Waals surface area contributed by atoms with E-state index in [0.717, 1.165) is 5.56 Å². The highest BCUT2D eigenvalue weighted by Gasteiger charge is 2.33. The lowest BCUT2D eigenvalue weighted by molar-refractivity contribution is -0.141. The van der Waals surface area contributed by atoms with E-state index >= 15 is 0 Å². The third kappa shape index (κ3) is 5.29. The van der Waals surface area contributed by atoms with E-state index in [-0.39, 0.29) is 12.5 Å². The molecule has 3 unspecified atom stereocenters. The molecule has 2 rings (SSSR count). The largest absolute Gasteiger partial charge is 0.481 e. The van der Waals surface area contributed by atoms with Gasteiger partial charge in [-0.25, -0.2) is 0 Å². The van der Waals surface area contributed by atoms with Crippen molar-refractivity contribution in [2.24, 2.45) is 5.92 Å². The first-order valence-electron chi connectivity index (χ1n) is 8.43. The monoisotopic (exact) mass is 348 g/mol. The summed E-state index contributed by atoms with van der Waals surface area (Å²) in [6, 6.07) is 8.06. The molecule has 3 N–H and O–H groups in total. The number of amides is 1. The molecule has 0 saturated carbocycles. The van der Waals surface area contributed by atoms with Crippen molar-refractivity contribution in [2.45, 2.75) is 38.3 Å². The number of carbonyl (C=O) groups excluding carboxylic acids is 1. The average molecular weight is 348 g/mol. The first-order chi connectivity index (χ1) is 11.9. The lowest BCUT2D eigenvalue weighted by Gasteiger charge is -2.24. The molecule has 1 aromatic rings. The highest BCUT2D eigenvalue weighted by atomic mass is 16.4. The van der Waals surface area contributed by atoms with E-state index in [1.54, 1.807) is 6.92 Å². The summed E-state index contributed by atoms with van der Waals surface area (Å²) in [7, 11) is 0. The van der Waals surface area contributed by atoms with Crippen molar-refractivity contribution in [2.75, 3.05) is 13.1 Å². The Balaban J connectivity index is 1.89. The Morgan fingerprint density at radius 3 is 2.48 bits per heavy atom. The van der Waals surface area contributed by atoms with Crippen LogP contribution in [0.15, 0.2) is 30.3 Å². The van der Waals surface area contributed by atoms with Crippen LogP contribution in [0.5, 0.6) is 0 Å². The molecule has 136 valence electrons. The predicted octanol–water partition coefficient (Wildman–Crippen LogP) is 0.984. The van der Waals surface area contributed by atoms with Crippen LogP contribution in [0.1, 0.15) is 25.3 Å². The number of carbonyl (C=O) groups is 3. The lowest BCUT2D eigenvalue weighted by atomic mass is 10.0. The summed E-state index contributed by atoms with van der Waals surface area (Å²) in [5.41, 5.74) is 1.04. The van der Waals surface area contributed by atoms with E-state index < -0.39 is 29.9 Å². The minimum absolute atomic E-state index is 0.182. The fourth-order valence-electron chi connectivity index (χ4n) is 3.04. The number of hydrogen-bond donors (Lipinski definition) is 3. The molecular formula is C18H24N2O5. The summed E-state index contributed by atoms with van der Waals surface area (Å²) in [6.07, 6.45) is 1.40. The van der Waals surface area contributed by atoms with Crippen molar-refractivity contribution in [1.29, 1.82) is 0 Å². The Morgan fingerprint density at radius 2 is 1.92 bits per heavy atom. The molecule has 1 amide bonds. The van der Waals surface area contributed by atoms with Gasteiger partial charge in [-0.05, 0) is 31.7 Å². The first-order valence-corrected chi connectivity index (χ1v) is 8.43. The van der Waals surface area contributed by atoms with Crippen LogP contribution >= 0.6 is 0 Å². The van der Waals surface area contributed by atoms with E-state index in [0.29, 0.717) is 25.8 Å². The van der Waals surface area contributed by atoms with Gasteiger partial charge in [0.05, 0.1) is 12.0 Å². The normalized spacial score (nSPS) is 19.4. The van der Waals surface area contributed by atoms with Gasteiger partial charge >= 0.3 is 11.9 Å². The van der Waals surface area contributed by atoms with E-state index in [4.69, 9.17) is 5.11 Å². The van der Waals surface area contributed by atoms with E-state index in [1.165, 1.54) is 4.90 Å². The van der Waals surface area contributed by atoms with Gasteiger partial charge in [0.25, 0.3) is 0 Å². The number of rotatable bonds is 8. The van der Waals surface area contributed by atoms with Crippen molar-refractivity contribution in [3.05, 3.63) is 35.9 Å². The minimum Gasteiger partial charge on any atom is -0.481 e. The molecule has 1 heterocycles. The number of aliphatic carboxylic acids is 2. The van der Waals surface area contributed by atoms with Crippen LogP contribution < -0.4 is 5.32 Å². The van der Waals surface area contributed by atoms with Crippen molar-refractivity contribution in [3.63, 3.8) is 0 Å². The summed E-state index contributed by atoms with van der Waals surface area (Å²) in [4.78, 5) is 36.4. The fourth-order valence-corrected chi connectivity index (χ4v) is 3.04. The average Bonchev–Trinajstić information content (AvgIpc) is 3.08. The van der Waals surface area contributed by atoms with Gasteiger partial charge in [0.15, 0.2) is 0 Å². The minimum atomic E-state index is -1.000. The third-order valence-electron chi connectivity index (χ3n) is 4.53. The Kier molecular flexibility index (Phi) is 6.52. The Labute approximate surface area is 146 Å². The van der Waals surface area contributed by atoms with E-state index in [9.17, 15) is 19.5 Å². The molecule has 1 aliphatic rings. The molecule has 25 heavy (non-hydrogen) atoms. The van der Waals surface area contributed by atoms with Crippen molar-refractivity contribution in [3.8, 4) is 0 Å². The molecular weight excluding hydrogens is 324 g/mol. The summed E-state index contributed by atoms with van der Waals surface area (Å²) in [6.45, 7) is 2.19. The Bertz CT molecular complexity index is 619. The third-order valence-corrected chi connectivity index (χ3v) is 4.53. The summed E-state index contributed by atoms with van der Waals surface area (Å²) in [5.74, 6) is -2.69. The van der Waals surface area contributed by atoms with Gasteiger partial charge < -0.3 is 15.1 Å². The van der Waals surface area contributed by atoms with Crippen LogP contribution in [0.4, 0.5) is 0 Å². The number of nitrogens with zero attached hydrogens (tertiary/aromatic N) is 1. The maximum atomic E-state index is 12.4. The van der Waals surface area contributed by atoms with Crippen molar-refractivity contribution >= 4 is 17.8 Å². The van der Waals surface area contributed by atoms with E-state index in [1.807, 2.05) is 30.3 Å². The van der Waals surface area contributed by atoms with Crippen molar-refractivity contribution in [1.82, 2.24) is 10.2 Å². The van der Waals surface area contributed by atoms with Gasteiger partial charge in [-0.15, -0.1) is 0 Å². The summed E-state index contributed by atoms with van der Waals surface area (Å²) >= 11 is 0. The van der Waals surface area contributed by atoms with Crippen LogP contribution in [-0.2, 0) is 20.8 Å². The molecule has 1 aromatic carbocycles. The zero-order valence-corrected chi connectivity index (χ0v) is 14.2. The number of benzene rings is 1. The number of hydrogen-bond acceptors (Lipinski definition) is 4. The molecule has 3 atom stereocenters. The number of aryl methyl sites for hydroxylation is 1. The van der Waals surface area contributed by atoms with Gasteiger partial charge in [0.2, 0.25) is 5.91 Å². The van der Waals surface area contributed by atoms with Gasteiger partial charge in [-0.3, -0.25) is 19.7 Å².